The maximum atomic E-state index is 12.8. The molecule has 8 heteroatoms. The van der Waals surface area contributed by atoms with E-state index in [-0.39, 0.29) is 12.0 Å². The van der Waals surface area contributed by atoms with E-state index in [4.69, 9.17) is 0 Å². The molecule has 2 heterocycles. The van der Waals surface area contributed by atoms with Crippen molar-refractivity contribution in [3.8, 4) is 5.69 Å². The molecule has 1 amide bonds. The van der Waals surface area contributed by atoms with Crippen molar-refractivity contribution in [2.45, 2.75) is 13.0 Å². The van der Waals surface area contributed by atoms with Crippen LogP contribution in [0.4, 0.5) is 0 Å². The number of hydrogen-bond acceptors (Lipinski definition) is 6. The van der Waals surface area contributed by atoms with E-state index >= 15 is 0 Å². The minimum Gasteiger partial charge on any atom is -0.392 e. The van der Waals surface area contributed by atoms with Gasteiger partial charge in [-0.15, -0.1) is 5.10 Å². The van der Waals surface area contributed by atoms with Crippen molar-refractivity contribution in [3.63, 3.8) is 0 Å². The number of aliphatic hydroxyl groups is 1. The molecule has 2 aromatic rings. The number of amides is 1. The number of benzene rings is 1. The minimum atomic E-state index is -0.349. The van der Waals surface area contributed by atoms with Crippen LogP contribution in [0.15, 0.2) is 30.6 Å². The van der Waals surface area contributed by atoms with E-state index in [0.29, 0.717) is 30.9 Å². The van der Waals surface area contributed by atoms with Crippen molar-refractivity contribution in [2.75, 3.05) is 32.7 Å². The molecule has 0 saturated carbocycles. The highest BCUT2D eigenvalue weighted by Crippen LogP contribution is 2.16. The topological polar surface area (TPSA) is 87.4 Å². The van der Waals surface area contributed by atoms with Gasteiger partial charge in [-0.2, -0.15) is 4.68 Å². The van der Waals surface area contributed by atoms with Crippen LogP contribution in [-0.4, -0.2) is 79.8 Å². The maximum Gasteiger partial charge on any atom is 0.256 e. The third-order valence-electron chi connectivity index (χ3n) is 3.91. The van der Waals surface area contributed by atoms with Crippen molar-refractivity contribution in [1.29, 1.82) is 0 Å². The van der Waals surface area contributed by atoms with Crippen LogP contribution < -0.4 is 0 Å². The van der Waals surface area contributed by atoms with Crippen molar-refractivity contribution in [1.82, 2.24) is 30.0 Å². The Morgan fingerprint density at radius 1 is 1.26 bits per heavy atom. The number of piperazine rings is 1. The molecule has 1 aliphatic heterocycles. The Morgan fingerprint density at radius 2 is 2.00 bits per heavy atom. The van der Waals surface area contributed by atoms with Gasteiger partial charge in [0.15, 0.2) is 0 Å². The third kappa shape index (κ3) is 3.54. The van der Waals surface area contributed by atoms with Gasteiger partial charge in [-0.3, -0.25) is 9.69 Å². The minimum absolute atomic E-state index is 0.0206. The first-order chi connectivity index (χ1) is 11.1. The Balaban J connectivity index is 1.73. The van der Waals surface area contributed by atoms with Crippen molar-refractivity contribution < 1.29 is 9.90 Å². The van der Waals surface area contributed by atoms with Crippen LogP contribution in [0, 0.1) is 0 Å². The van der Waals surface area contributed by atoms with E-state index in [1.165, 1.54) is 11.0 Å². The summed E-state index contributed by atoms with van der Waals surface area (Å²) in [5.74, 6) is -0.0206. The number of hydrogen-bond donors (Lipinski definition) is 1. The van der Waals surface area contributed by atoms with E-state index in [2.05, 4.69) is 20.4 Å². The van der Waals surface area contributed by atoms with E-state index in [0.717, 1.165) is 13.1 Å². The first-order valence-corrected chi connectivity index (χ1v) is 7.67. The van der Waals surface area contributed by atoms with Gasteiger partial charge in [-0.1, -0.05) is 12.1 Å². The summed E-state index contributed by atoms with van der Waals surface area (Å²) in [5, 5.41) is 20.6. The Morgan fingerprint density at radius 3 is 2.65 bits per heavy atom. The number of β-amino-alcohol motifs (C(OH)–C–C–N with tert-alkyl or cyclic N) is 1. The highest BCUT2D eigenvalue weighted by molar-refractivity contribution is 5.97. The molecule has 0 bridgehead atoms. The van der Waals surface area contributed by atoms with Gasteiger partial charge >= 0.3 is 0 Å². The van der Waals surface area contributed by atoms with Crippen LogP contribution in [0.3, 0.4) is 0 Å². The maximum absolute atomic E-state index is 12.8. The fourth-order valence-electron chi connectivity index (χ4n) is 2.80. The molecule has 122 valence electrons. The molecule has 0 radical (unpaired) electrons. The van der Waals surface area contributed by atoms with Gasteiger partial charge in [0.2, 0.25) is 0 Å². The average molecular weight is 316 g/mol. The molecule has 23 heavy (non-hydrogen) atoms. The lowest BCUT2D eigenvalue weighted by molar-refractivity contribution is 0.0554. The number of rotatable bonds is 4. The largest absolute Gasteiger partial charge is 0.392 e. The molecular formula is C15H20N6O2. The Bertz CT molecular complexity index is 650. The summed E-state index contributed by atoms with van der Waals surface area (Å²) in [6.07, 6.45) is 1.13. The second kappa shape index (κ2) is 6.84. The van der Waals surface area contributed by atoms with Gasteiger partial charge < -0.3 is 10.0 Å². The lowest BCUT2D eigenvalue weighted by Crippen LogP contribution is -2.50. The molecule has 1 aliphatic rings. The van der Waals surface area contributed by atoms with Gasteiger partial charge in [-0.05, 0) is 29.5 Å². The van der Waals surface area contributed by atoms with Crippen molar-refractivity contribution >= 4 is 5.91 Å². The Labute approximate surface area is 134 Å². The standard InChI is InChI=1S/C15H20N6O2/c1-12(22)10-19-6-8-20(9-7-19)15(23)13-4-2-3-5-14(13)21-11-16-17-18-21/h2-5,11-12,22H,6-10H2,1H3. The number of aromatic nitrogens is 4. The van der Waals surface area contributed by atoms with Crippen LogP contribution in [0.5, 0.6) is 0 Å². The summed E-state index contributed by atoms with van der Waals surface area (Å²) >= 11 is 0. The fraction of sp³-hybridized carbons (Fsp3) is 0.467. The third-order valence-corrected chi connectivity index (χ3v) is 3.91. The number of aliphatic hydroxyl groups excluding tert-OH is 1. The molecule has 1 saturated heterocycles. The monoisotopic (exact) mass is 316 g/mol. The second-order valence-corrected chi connectivity index (χ2v) is 5.71. The van der Waals surface area contributed by atoms with Gasteiger partial charge in [0.1, 0.15) is 6.33 Å². The molecule has 0 aliphatic carbocycles. The summed E-state index contributed by atoms with van der Waals surface area (Å²) in [6, 6.07) is 7.31. The lowest BCUT2D eigenvalue weighted by atomic mass is 10.1. The molecule has 1 unspecified atom stereocenters. The van der Waals surface area contributed by atoms with Crippen LogP contribution in [-0.2, 0) is 0 Å². The molecular weight excluding hydrogens is 296 g/mol. The fourth-order valence-corrected chi connectivity index (χ4v) is 2.80. The number of tetrazole rings is 1. The smallest absolute Gasteiger partial charge is 0.256 e. The van der Waals surface area contributed by atoms with Gasteiger partial charge in [0.05, 0.1) is 17.4 Å². The molecule has 1 aromatic carbocycles. The number of carbonyl (C=O) groups excluding carboxylic acids is 1. The summed E-state index contributed by atoms with van der Waals surface area (Å²) in [5.41, 5.74) is 1.26. The average Bonchev–Trinajstić information content (AvgIpc) is 3.09. The zero-order chi connectivity index (χ0) is 16.2. The first kappa shape index (κ1) is 15.6. The molecule has 1 fully saturated rings. The second-order valence-electron chi connectivity index (χ2n) is 5.71. The predicted molar refractivity (Wildman–Crippen MR) is 83.2 cm³/mol. The lowest BCUT2D eigenvalue weighted by Gasteiger charge is -2.35. The summed E-state index contributed by atoms with van der Waals surface area (Å²) in [7, 11) is 0. The summed E-state index contributed by atoms with van der Waals surface area (Å²) in [4.78, 5) is 16.8. The molecule has 1 N–H and O–H groups in total. The molecule has 3 rings (SSSR count). The van der Waals surface area contributed by atoms with Crippen LogP contribution >= 0.6 is 0 Å². The highest BCUT2D eigenvalue weighted by Gasteiger charge is 2.24. The normalized spacial score (nSPS) is 17.2. The summed E-state index contributed by atoms with van der Waals surface area (Å²) in [6.45, 7) is 5.25. The quantitative estimate of drug-likeness (QED) is 0.840. The van der Waals surface area contributed by atoms with Crippen LogP contribution in [0.1, 0.15) is 17.3 Å². The van der Waals surface area contributed by atoms with Gasteiger partial charge in [0, 0.05) is 32.7 Å². The SMILES string of the molecule is CC(O)CN1CCN(C(=O)c2ccccc2-n2cnnn2)CC1. The van der Waals surface area contributed by atoms with Crippen LogP contribution in [0.25, 0.3) is 5.69 Å². The van der Waals surface area contributed by atoms with Crippen molar-refractivity contribution in [3.05, 3.63) is 36.2 Å². The molecule has 0 spiro atoms. The van der Waals surface area contributed by atoms with E-state index in [1.54, 1.807) is 13.0 Å². The zero-order valence-corrected chi connectivity index (χ0v) is 13.0. The van der Waals surface area contributed by atoms with E-state index in [1.807, 2.05) is 23.1 Å². The van der Waals surface area contributed by atoms with Gasteiger partial charge in [0.25, 0.3) is 5.91 Å². The Kier molecular flexibility index (Phi) is 4.63. The van der Waals surface area contributed by atoms with Crippen LogP contribution in [0.2, 0.25) is 0 Å². The number of para-hydroxylation sites is 1. The number of carbonyl (C=O) groups is 1. The summed E-state index contributed by atoms with van der Waals surface area (Å²) < 4.78 is 1.50. The predicted octanol–water partition coefficient (Wildman–Crippen LogP) is -0.199. The molecule has 8 nitrogen and oxygen atoms in total. The first-order valence-electron chi connectivity index (χ1n) is 7.67. The highest BCUT2D eigenvalue weighted by atomic mass is 16.3. The van der Waals surface area contributed by atoms with Crippen molar-refractivity contribution in [2.24, 2.45) is 0 Å². The molecule has 1 atom stereocenters. The van der Waals surface area contributed by atoms with E-state index in [9.17, 15) is 9.90 Å². The zero-order valence-electron chi connectivity index (χ0n) is 13.0. The Hall–Kier alpha value is -2.32. The number of nitrogens with zero attached hydrogens (tertiary/aromatic N) is 6. The molecule has 1 aromatic heterocycles. The van der Waals surface area contributed by atoms with Gasteiger partial charge in [-0.25, -0.2) is 0 Å². The van der Waals surface area contributed by atoms with E-state index < -0.39 is 0 Å².